The van der Waals surface area contributed by atoms with E-state index in [1.54, 1.807) is 12.1 Å². The fourth-order valence-corrected chi connectivity index (χ4v) is 1.03. The fourth-order valence-electron chi connectivity index (χ4n) is 1.03. The molecule has 0 aliphatic carbocycles. The average molecular weight is 177 g/mol. The second-order valence-corrected chi connectivity index (χ2v) is 2.89. The maximum Gasteiger partial charge on any atom is 0.115 e. The molecule has 0 spiro atoms. The van der Waals surface area contributed by atoms with Crippen molar-refractivity contribution < 1.29 is 5.11 Å². The molecule has 0 aliphatic rings. The summed E-state index contributed by atoms with van der Waals surface area (Å²) in [6, 6.07) is 7.17. The Hall–Kier alpha value is -1.28. The van der Waals surface area contributed by atoms with Gasteiger partial charge in [0.15, 0.2) is 0 Å². The molecule has 13 heavy (non-hydrogen) atoms. The van der Waals surface area contributed by atoms with Gasteiger partial charge in [0.2, 0.25) is 0 Å². The van der Waals surface area contributed by atoms with Crippen LogP contribution in [0, 0.1) is 0 Å². The van der Waals surface area contributed by atoms with Crippen molar-refractivity contribution in [2.75, 3.05) is 13.6 Å². The summed E-state index contributed by atoms with van der Waals surface area (Å²) in [5, 5.41) is 12.1. The molecule has 2 N–H and O–H groups in total. The summed E-state index contributed by atoms with van der Waals surface area (Å²) in [4.78, 5) is 0. The molecule has 2 nitrogen and oxygen atoms in total. The molecule has 0 unspecified atom stereocenters. The average Bonchev–Trinajstić information content (AvgIpc) is 2.15. The van der Waals surface area contributed by atoms with E-state index in [0.29, 0.717) is 5.75 Å². The van der Waals surface area contributed by atoms with E-state index < -0.39 is 0 Å². The largest absolute Gasteiger partial charge is 0.508 e. The van der Waals surface area contributed by atoms with Gasteiger partial charge in [-0.15, -0.1) is 0 Å². The number of hydrogen-bond donors (Lipinski definition) is 2. The van der Waals surface area contributed by atoms with Gasteiger partial charge in [-0.05, 0) is 37.7 Å². The standard InChI is InChI=1S/C11H15NO/c1-12-9-3-2-4-10-5-7-11(13)8-6-10/h2,4-8,12-13H,3,9H2,1H3/b4-2-. The van der Waals surface area contributed by atoms with Crippen molar-refractivity contribution in [2.45, 2.75) is 6.42 Å². The van der Waals surface area contributed by atoms with Gasteiger partial charge in [-0.2, -0.15) is 0 Å². The molecule has 1 aromatic rings. The Morgan fingerprint density at radius 3 is 2.62 bits per heavy atom. The molecular formula is C11H15NO. The van der Waals surface area contributed by atoms with Gasteiger partial charge >= 0.3 is 0 Å². The lowest BCUT2D eigenvalue weighted by molar-refractivity contribution is 0.475. The highest BCUT2D eigenvalue weighted by Crippen LogP contribution is 2.10. The quantitative estimate of drug-likeness (QED) is 0.689. The molecular weight excluding hydrogens is 162 g/mol. The van der Waals surface area contributed by atoms with Crippen molar-refractivity contribution in [3.8, 4) is 5.75 Å². The number of rotatable bonds is 4. The molecule has 0 atom stereocenters. The van der Waals surface area contributed by atoms with Crippen LogP contribution in [0.2, 0.25) is 0 Å². The predicted molar refractivity (Wildman–Crippen MR) is 55.7 cm³/mol. The molecule has 1 aromatic carbocycles. The molecule has 0 saturated heterocycles. The van der Waals surface area contributed by atoms with Crippen LogP contribution < -0.4 is 5.32 Å². The van der Waals surface area contributed by atoms with Gasteiger partial charge in [-0.25, -0.2) is 0 Å². The van der Waals surface area contributed by atoms with Crippen LogP contribution >= 0.6 is 0 Å². The molecule has 0 saturated carbocycles. The first-order valence-corrected chi connectivity index (χ1v) is 4.43. The summed E-state index contributed by atoms with van der Waals surface area (Å²) in [6.45, 7) is 0.995. The van der Waals surface area contributed by atoms with Crippen LogP contribution in [0.15, 0.2) is 30.3 Å². The Bertz CT molecular complexity index is 264. The first-order valence-electron chi connectivity index (χ1n) is 4.43. The molecule has 70 valence electrons. The van der Waals surface area contributed by atoms with E-state index >= 15 is 0 Å². The van der Waals surface area contributed by atoms with Crippen molar-refractivity contribution in [1.29, 1.82) is 0 Å². The van der Waals surface area contributed by atoms with Crippen molar-refractivity contribution in [3.63, 3.8) is 0 Å². The number of phenols is 1. The Kier molecular flexibility index (Phi) is 4.06. The van der Waals surface area contributed by atoms with Gasteiger partial charge in [-0.1, -0.05) is 24.3 Å². The molecule has 0 heterocycles. The van der Waals surface area contributed by atoms with Crippen molar-refractivity contribution in [3.05, 3.63) is 35.9 Å². The Morgan fingerprint density at radius 1 is 1.31 bits per heavy atom. The number of benzene rings is 1. The van der Waals surface area contributed by atoms with Crippen molar-refractivity contribution >= 4 is 6.08 Å². The van der Waals surface area contributed by atoms with E-state index in [4.69, 9.17) is 5.11 Å². The number of hydrogen-bond acceptors (Lipinski definition) is 2. The Labute approximate surface area is 78.9 Å². The highest BCUT2D eigenvalue weighted by atomic mass is 16.3. The van der Waals surface area contributed by atoms with Gasteiger partial charge in [0, 0.05) is 0 Å². The molecule has 0 bridgehead atoms. The van der Waals surface area contributed by atoms with Crippen LogP contribution in [0.5, 0.6) is 5.75 Å². The molecule has 0 amide bonds. The highest BCUT2D eigenvalue weighted by molar-refractivity contribution is 5.50. The third-order valence-corrected chi connectivity index (χ3v) is 1.76. The monoisotopic (exact) mass is 177 g/mol. The minimum absolute atomic E-state index is 0.312. The number of nitrogens with one attached hydrogen (secondary N) is 1. The second-order valence-electron chi connectivity index (χ2n) is 2.89. The normalized spacial score (nSPS) is 10.8. The van der Waals surface area contributed by atoms with E-state index in [0.717, 1.165) is 18.5 Å². The molecule has 0 radical (unpaired) electrons. The maximum absolute atomic E-state index is 9.03. The molecule has 0 aliphatic heterocycles. The summed E-state index contributed by atoms with van der Waals surface area (Å²) in [5.74, 6) is 0.312. The number of aromatic hydroxyl groups is 1. The van der Waals surface area contributed by atoms with Crippen LogP contribution in [-0.2, 0) is 0 Å². The second kappa shape index (κ2) is 5.38. The molecule has 0 fully saturated rings. The minimum atomic E-state index is 0.312. The molecule has 2 heteroatoms. The van der Waals surface area contributed by atoms with Crippen LogP contribution in [0.1, 0.15) is 12.0 Å². The zero-order chi connectivity index (χ0) is 9.52. The van der Waals surface area contributed by atoms with Crippen LogP contribution in [0.25, 0.3) is 6.08 Å². The van der Waals surface area contributed by atoms with Gasteiger partial charge < -0.3 is 10.4 Å². The summed E-state index contributed by atoms with van der Waals surface area (Å²) in [7, 11) is 1.94. The van der Waals surface area contributed by atoms with Crippen molar-refractivity contribution in [2.24, 2.45) is 0 Å². The van der Waals surface area contributed by atoms with E-state index in [9.17, 15) is 0 Å². The first kappa shape index (κ1) is 9.81. The summed E-state index contributed by atoms with van der Waals surface area (Å²) in [5.41, 5.74) is 1.12. The lowest BCUT2D eigenvalue weighted by Gasteiger charge is -1.94. The Morgan fingerprint density at radius 2 is 2.00 bits per heavy atom. The van der Waals surface area contributed by atoms with Gasteiger partial charge in [-0.3, -0.25) is 0 Å². The van der Waals surface area contributed by atoms with Crippen LogP contribution in [-0.4, -0.2) is 18.7 Å². The maximum atomic E-state index is 9.03. The van der Waals surface area contributed by atoms with Gasteiger partial charge in [0.25, 0.3) is 0 Å². The van der Waals surface area contributed by atoms with E-state index in [2.05, 4.69) is 17.5 Å². The van der Waals surface area contributed by atoms with E-state index in [1.165, 1.54) is 0 Å². The molecule has 1 rings (SSSR count). The minimum Gasteiger partial charge on any atom is -0.508 e. The van der Waals surface area contributed by atoms with Gasteiger partial charge in [0.1, 0.15) is 5.75 Å². The lowest BCUT2D eigenvalue weighted by atomic mass is 10.2. The SMILES string of the molecule is CNCC/C=C\c1ccc(O)cc1. The van der Waals surface area contributed by atoms with Crippen molar-refractivity contribution in [1.82, 2.24) is 5.32 Å². The van der Waals surface area contributed by atoms with E-state index in [1.807, 2.05) is 19.2 Å². The summed E-state index contributed by atoms with van der Waals surface area (Å²) < 4.78 is 0. The lowest BCUT2D eigenvalue weighted by Crippen LogP contribution is -2.05. The summed E-state index contributed by atoms with van der Waals surface area (Å²) in [6.07, 6.45) is 5.19. The smallest absolute Gasteiger partial charge is 0.115 e. The Balaban J connectivity index is 2.44. The van der Waals surface area contributed by atoms with Gasteiger partial charge in [0.05, 0.1) is 0 Å². The van der Waals surface area contributed by atoms with Crippen LogP contribution in [0.3, 0.4) is 0 Å². The van der Waals surface area contributed by atoms with E-state index in [-0.39, 0.29) is 0 Å². The predicted octanol–water partition coefficient (Wildman–Crippen LogP) is 2.01. The third kappa shape index (κ3) is 3.76. The highest BCUT2D eigenvalue weighted by Gasteiger charge is 1.86. The topological polar surface area (TPSA) is 32.3 Å². The molecule has 0 aromatic heterocycles. The van der Waals surface area contributed by atoms with Crippen LogP contribution in [0.4, 0.5) is 0 Å². The number of phenolic OH excluding ortho intramolecular Hbond substituents is 1. The zero-order valence-corrected chi connectivity index (χ0v) is 7.83. The first-order chi connectivity index (χ1) is 6.33. The third-order valence-electron chi connectivity index (χ3n) is 1.76. The summed E-state index contributed by atoms with van der Waals surface area (Å²) >= 11 is 0. The fraction of sp³-hybridized carbons (Fsp3) is 0.273. The zero-order valence-electron chi connectivity index (χ0n) is 7.83.